The molecule has 0 spiro atoms. The van der Waals surface area contributed by atoms with Gasteiger partial charge in [-0.25, -0.2) is 4.39 Å². The normalized spacial score (nSPS) is 9.21. The molecule has 0 aliphatic heterocycles. The highest BCUT2D eigenvalue weighted by atomic mass is 35.5. The zero-order chi connectivity index (χ0) is 10.7. The largest absolute Gasteiger partial charge is 0.298 e. The van der Waals surface area contributed by atoms with E-state index < -0.39 is 22.2 Å². The first-order valence-electron chi connectivity index (χ1n) is 3.49. The fraction of sp³-hybridized carbons (Fsp3) is 0. The maximum Gasteiger partial charge on any atom is 0.255 e. The summed E-state index contributed by atoms with van der Waals surface area (Å²) in [7, 11) is 0. The number of carbonyl (C=O) groups is 2. The summed E-state index contributed by atoms with van der Waals surface area (Å²) in [6, 6.07) is 3.73. The quantitative estimate of drug-likeness (QED) is 0.554. The number of hydrogen-bond acceptors (Lipinski definition) is 3. The van der Waals surface area contributed by atoms with Crippen molar-refractivity contribution in [3.05, 3.63) is 34.6 Å². The second-order valence-electron chi connectivity index (χ2n) is 2.39. The van der Waals surface area contributed by atoms with Crippen LogP contribution in [0.5, 0.6) is 0 Å². The minimum absolute atomic E-state index is 0.105. The molecular formula is C9H3ClFNO2. The van der Waals surface area contributed by atoms with E-state index in [-0.39, 0.29) is 5.56 Å². The Morgan fingerprint density at radius 3 is 2.64 bits per heavy atom. The zero-order valence-electron chi connectivity index (χ0n) is 6.75. The summed E-state index contributed by atoms with van der Waals surface area (Å²) in [4.78, 5) is 21.0. The number of carbonyl (C=O) groups excluding carboxylic acids is 2. The summed E-state index contributed by atoms with van der Waals surface area (Å²) in [5, 5.41) is 7.53. The monoisotopic (exact) mass is 211 g/mol. The molecule has 0 radical (unpaired) electrons. The van der Waals surface area contributed by atoms with E-state index in [4.69, 9.17) is 16.9 Å². The van der Waals surface area contributed by atoms with Crippen molar-refractivity contribution >= 4 is 23.1 Å². The van der Waals surface area contributed by atoms with Gasteiger partial charge in [-0.15, -0.1) is 0 Å². The molecule has 1 aromatic carbocycles. The topological polar surface area (TPSA) is 57.9 Å². The molecule has 0 aromatic heterocycles. The Bertz CT molecular complexity index is 451. The van der Waals surface area contributed by atoms with Crippen LogP contribution in [0.3, 0.4) is 0 Å². The van der Waals surface area contributed by atoms with Gasteiger partial charge in [-0.1, -0.05) is 0 Å². The smallest absolute Gasteiger partial charge is 0.255 e. The van der Waals surface area contributed by atoms with E-state index in [1.165, 1.54) is 12.1 Å². The van der Waals surface area contributed by atoms with Crippen molar-refractivity contribution in [1.82, 2.24) is 0 Å². The minimum Gasteiger partial charge on any atom is -0.298 e. The summed E-state index contributed by atoms with van der Waals surface area (Å²) < 4.78 is 13.3. The number of aldehydes is 1. The van der Waals surface area contributed by atoms with E-state index in [1.54, 1.807) is 0 Å². The lowest BCUT2D eigenvalue weighted by atomic mass is 10.1. The minimum atomic E-state index is -1.06. The Morgan fingerprint density at radius 1 is 1.57 bits per heavy atom. The molecule has 0 aliphatic carbocycles. The van der Waals surface area contributed by atoms with Crippen molar-refractivity contribution in [3.63, 3.8) is 0 Å². The fourth-order valence-electron chi connectivity index (χ4n) is 0.955. The standard InChI is InChI=1S/C9H3ClFNO2/c10-9(14)6-2-1-5(4-13)7(3-12)8(6)11/h1-2,4H. The molecule has 1 rings (SSSR count). The van der Waals surface area contributed by atoms with Crippen LogP contribution in [0.1, 0.15) is 26.3 Å². The van der Waals surface area contributed by atoms with Crippen LogP contribution in [0, 0.1) is 17.1 Å². The molecule has 0 fully saturated rings. The highest BCUT2D eigenvalue weighted by Crippen LogP contribution is 2.17. The number of nitrogens with zero attached hydrogens (tertiary/aromatic N) is 1. The van der Waals surface area contributed by atoms with Gasteiger partial charge in [-0.05, 0) is 23.7 Å². The van der Waals surface area contributed by atoms with E-state index in [2.05, 4.69) is 0 Å². The maximum absolute atomic E-state index is 13.3. The lowest BCUT2D eigenvalue weighted by Crippen LogP contribution is -2.01. The Balaban J connectivity index is 3.52. The van der Waals surface area contributed by atoms with Crippen LogP contribution < -0.4 is 0 Å². The van der Waals surface area contributed by atoms with Gasteiger partial charge in [0.1, 0.15) is 6.07 Å². The predicted octanol–water partition coefficient (Wildman–Crippen LogP) is 1.89. The molecule has 0 saturated carbocycles. The lowest BCUT2D eigenvalue weighted by Gasteiger charge is -2.00. The lowest BCUT2D eigenvalue weighted by molar-refractivity contribution is 0.107. The summed E-state index contributed by atoms with van der Waals surface area (Å²) in [6.45, 7) is 0. The molecule has 0 aliphatic rings. The molecule has 0 saturated heterocycles. The van der Waals surface area contributed by atoms with Crippen LogP contribution in [-0.4, -0.2) is 11.5 Å². The number of rotatable bonds is 2. The van der Waals surface area contributed by atoms with Gasteiger partial charge in [0.15, 0.2) is 12.1 Å². The van der Waals surface area contributed by atoms with E-state index in [0.29, 0.717) is 6.29 Å². The zero-order valence-corrected chi connectivity index (χ0v) is 7.51. The van der Waals surface area contributed by atoms with E-state index in [0.717, 1.165) is 6.07 Å². The van der Waals surface area contributed by atoms with Crippen LogP contribution >= 0.6 is 11.6 Å². The molecule has 70 valence electrons. The number of halogens is 2. The third kappa shape index (κ3) is 1.63. The molecule has 3 nitrogen and oxygen atoms in total. The Kier molecular flexibility index (Phi) is 2.95. The van der Waals surface area contributed by atoms with Crippen LogP contribution in [-0.2, 0) is 0 Å². The maximum atomic E-state index is 13.3. The van der Waals surface area contributed by atoms with Crippen molar-refractivity contribution in [2.75, 3.05) is 0 Å². The van der Waals surface area contributed by atoms with Crippen LogP contribution in [0.25, 0.3) is 0 Å². The van der Waals surface area contributed by atoms with Gasteiger partial charge < -0.3 is 0 Å². The van der Waals surface area contributed by atoms with E-state index in [1.807, 2.05) is 0 Å². The number of benzene rings is 1. The second-order valence-corrected chi connectivity index (χ2v) is 2.74. The first-order valence-corrected chi connectivity index (χ1v) is 3.87. The summed E-state index contributed by atoms with van der Waals surface area (Å²) in [5.74, 6) is -1.06. The molecule has 5 heteroatoms. The highest BCUT2D eigenvalue weighted by Gasteiger charge is 2.16. The Morgan fingerprint density at radius 2 is 2.21 bits per heavy atom. The van der Waals surface area contributed by atoms with Gasteiger partial charge in [-0.3, -0.25) is 9.59 Å². The summed E-state index contributed by atoms with van der Waals surface area (Å²) in [5.41, 5.74) is -0.980. The van der Waals surface area contributed by atoms with Crippen molar-refractivity contribution in [1.29, 1.82) is 5.26 Å². The van der Waals surface area contributed by atoms with Crippen LogP contribution in [0.15, 0.2) is 12.1 Å². The molecule has 0 unspecified atom stereocenters. The van der Waals surface area contributed by atoms with E-state index >= 15 is 0 Å². The van der Waals surface area contributed by atoms with Gasteiger partial charge >= 0.3 is 0 Å². The molecule has 0 N–H and O–H groups in total. The van der Waals surface area contributed by atoms with Gasteiger partial charge in [-0.2, -0.15) is 5.26 Å². The van der Waals surface area contributed by atoms with Crippen molar-refractivity contribution in [2.45, 2.75) is 0 Å². The van der Waals surface area contributed by atoms with Crippen molar-refractivity contribution in [2.24, 2.45) is 0 Å². The van der Waals surface area contributed by atoms with Gasteiger partial charge in [0.2, 0.25) is 0 Å². The molecule has 0 heterocycles. The van der Waals surface area contributed by atoms with Crippen LogP contribution in [0.4, 0.5) is 4.39 Å². The third-order valence-electron chi connectivity index (χ3n) is 1.62. The van der Waals surface area contributed by atoms with Gasteiger partial charge in [0.05, 0.1) is 11.1 Å². The Labute approximate surface area is 83.7 Å². The average Bonchev–Trinajstić information content (AvgIpc) is 2.16. The SMILES string of the molecule is N#Cc1c(C=O)ccc(C(=O)Cl)c1F. The molecule has 0 bridgehead atoms. The van der Waals surface area contributed by atoms with Crippen LogP contribution in [0.2, 0.25) is 0 Å². The summed E-state index contributed by atoms with van der Waals surface area (Å²) >= 11 is 5.06. The van der Waals surface area contributed by atoms with E-state index in [9.17, 15) is 14.0 Å². The van der Waals surface area contributed by atoms with Gasteiger partial charge in [0.25, 0.3) is 5.24 Å². The average molecular weight is 212 g/mol. The molecule has 1 aromatic rings. The van der Waals surface area contributed by atoms with Crippen molar-refractivity contribution < 1.29 is 14.0 Å². The second kappa shape index (κ2) is 3.99. The third-order valence-corrected chi connectivity index (χ3v) is 1.83. The molecule has 14 heavy (non-hydrogen) atoms. The molecule has 0 atom stereocenters. The number of nitriles is 1. The predicted molar refractivity (Wildman–Crippen MR) is 46.7 cm³/mol. The first kappa shape index (κ1) is 10.4. The molecule has 0 amide bonds. The number of hydrogen-bond donors (Lipinski definition) is 0. The van der Waals surface area contributed by atoms with Crippen molar-refractivity contribution in [3.8, 4) is 6.07 Å². The highest BCUT2D eigenvalue weighted by molar-refractivity contribution is 6.67. The molecular weight excluding hydrogens is 209 g/mol. The Hall–Kier alpha value is -1.73. The summed E-state index contributed by atoms with van der Waals surface area (Å²) in [6.07, 6.45) is 0.337. The van der Waals surface area contributed by atoms with Gasteiger partial charge in [0, 0.05) is 5.56 Å². The fourth-order valence-corrected chi connectivity index (χ4v) is 1.10. The first-order chi connectivity index (χ1) is 6.61.